The molecule has 2 aromatic rings. The van der Waals surface area contributed by atoms with Crippen LogP contribution in [-0.4, -0.2) is 23.9 Å². The van der Waals surface area contributed by atoms with Gasteiger partial charge in [-0.15, -0.1) is 0 Å². The predicted octanol–water partition coefficient (Wildman–Crippen LogP) is 3.57. The van der Waals surface area contributed by atoms with E-state index in [4.69, 9.17) is 9.47 Å². The van der Waals surface area contributed by atoms with E-state index in [1.807, 2.05) is 54.6 Å². The van der Waals surface area contributed by atoms with Crippen LogP contribution < -0.4 is 0 Å². The van der Waals surface area contributed by atoms with Gasteiger partial charge in [0.1, 0.15) is 18.3 Å². The SMILES string of the molecule is Cc1cccc(CO[C@H]2C=C[C@@H](c3ccccc3)O[C@@H]2CO)c1. The molecule has 0 aliphatic carbocycles. The minimum Gasteiger partial charge on any atom is -0.394 e. The van der Waals surface area contributed by atoms with Gasteiger partial charge in [0.15, 0.2) is 0 Å². The van der Waals surface area contributed by atoms with Crippen molar-refractivity contribution in [3.8, 4) is 0 Å². The minimum absolute atomic E-state index is 0.0633. The first kappa shape index (κ1) is 15.9. The maximum absolute atomic E-state index is 9.63. The molecule has 3 nitrogen and oxygen atoms in total. The fraction of sp³-hybridized carbons (Fsp3) is 0.300. The first-order valence-electron chi connectivity index (χ1n) is 7.93. The fourth-order valence-electron chi connectivity index (χ4n) is 2.78. The van der Waals surface area contributed by atoms with E-state index in [0.29, 0.717) is 6.61 Å². The molecule has 0 saturated heterocycles. The number of ether oxygens (including phenoxy) is 2. The van der Waals surface area contributed by atoms with Crippen LogP contribution in [-0.2, 0) is 16.1 Å². The molecule has 0 radical (unpaired) electrons. The summed E-state index contributed by atoms with van der Waals surface area (Å²) < 4.78 is 11.9. The molecule has 0 fully saturated rings. The Hall–Kier alpha value is -1.94. The Morgan fingerprint density at radius 1 is 1.04 bits per heavy atom. The molecule has 0 bridgehead atoms. The van der Waals surface area contributed by atoms with E-state index < -0.39 is 0 Å². The van der Waals surface area contributed by atoms with E-state index in [9.17, 15) is 5.11 Å². The largest absolute Gasteiger partial charge is 0.394 e. The molecule has 3 rings (SSSR count). The van der Waals surface area contributed by atoms with E-state index in [2.05, 4.69) is 19.1 Å². The molecule has 3 atom stereocenters. The van der Waals surface area contributed by atoms with Crippen LogP contribution in [0.1, 0.15) is 22.8 Å². The molecule has 3 heteroatoms. The molecule has 1 heterocycles. The Morgan fingerprint density at radius 2 is 1.87 bits per heavy atom. The minimum atomic E-state index is -0.352. The number of aryl methyl sites for hydroxylation is 1. The zero-order valence-electron chi connectivity index (χ0n) is 13.3. The second-order valence-corrected chi connectivity index (χ2v) is 5.84. The predicted molar refractivity (Wildman–Crippen MR) is 90.0 cm³/mol. The molecule has 1 aliphatic rings. The van der Waals surface area contributed by atoms with Crippen molar-refractivity contribution in [2.45, 2.75) is 31.8 Å². The number of hydrogen-bond donors (Lipinski definition) is 1. The quantitative estimate of drug-likeness (QED) is 0.858. The molecule has 0 saturated carbocycles. The highest BCUT2D eigenvalue weighted by atomic mass is 16.6. The maximum Gasteiger partial charge on any atom is 0.111 e. The van der Waals surface area contributed by atoms with Crippen molar-refractivity contribution in [2.75, 3.05) is 6.61 Å². The molecule has 2 aromatic carbocycles. The summed E-state index contributed by atoms with van der Waals surface area (Å²) in [7, 11) is 0. The summed E-state index contributed by atoms with van der Waals surface area (Å²) in [5.74, 6) is 0. The van der Waals surface area contributed by atoms with E-state index in [0.717, 1.165) is 11.1 Å². The normalized spacial score (nSPS) is 23.8. The second kappa shape index (κ2) is 7.55. The van der Waals surface area contributed by atoms with Crippen molar-refractivity contribution < 1.29 is 14.6 Å². The van der Waals surface area contributed by atoms with Gasteiger partial charge >= 0.3 is 0 Å². The van der Waals surface area contributed by atoms with Gasteiger partial charge in [-0.05, 0) is 18.1 Å². The van der Waals surface area contributed by atoms with Gasteiger partial charge in [-0.1, -0.05) is 72.3 Å². The lowest BCUT2D eigenvalue weighted by Crippen LogP contribution is -2.37. The Bertz CT molecular complexity index is 651. The Morgan fingerprint density at radius 3 is 2.61 bits per heavy atom. The van der Waals surface area contributed by atoms with Gasteiger partial charge in [-0.25, -0.2) is 0 Å². The maximum atomic E-state index is 9.63. The van der Waals surface area contributed by atoms with Gasteiger partial charge in [0.2, 0.25) is 0 Å². The summed E-state index contributed by atoms with van der Waals surface area (Å²) >= 11 is 0. The molecule has 1 aliphatic heterocycles. The van der Waals surface area contributed by atoms with Crippen LogP contribution in [0, 0.1) is 6.92 Å². The lowest BCUT2D eigenvalue weighted by molar-refractivity contribution is -0.107. The summed E-state index contributed by atoms with van der Waals surface area (Å²) in [6.45, 7) is 2.51. The van der Waals surface area contributed by atoms with E-state index in [1.54, 1.807) is 0 Å². The van der Waals surface area contributed by atoms with E-state index >= 15 is 0 Å². The first-order chi connectivity index (χ1) is 11.3. The summed E-state index contributed by atoms with van der Waals surface area (Å²) in [5.41, 5.74) is 3.42. The number of aliphatic hydroxyl groups excluding tert-OH is 1. The lowest BCUT2D eigenvalue weighted by atomic mass is 10.0. The molecular formula is C20H22O3. The topological polar surface area (TPSA) is 38.7 Å². The molecule has 120 valence electrons. The van der Waals surface area contributed by atoms with Crippen molar-refractivity contribution in [3.05, 3.63) is 83.4 Å². The Kier molecular flexibility index (Phi) is 5.23. The first-order valence-corrected chi connectivity index (χ1v) is 7.93. The molecule has 23 heavy (non-hydrogen) atoms. The second-order valence-electron chi connectivity index (χ2n) is 5.84. The van der Waals surface area contributed by atoms with Crippen molar-refractivity contribution in [2.24, 2.45) is 0 Å². The zero-order valence-corrected chi connectivity index (χ0v) is 13.3. The van der Waals surface area contributed by atoms with Gasteiger partial charge < -0.3 is 14.6 Å². The van der Waals surface area contributed by atoms with Crippen molar-refractivity contribution >= 4 is 0 Å². The van der Waals surface area contributed by atoms with Crippen LogP contribution in [0.2, 0.25) is 0 Å². The van der Waals surface area contributed by atoms with Gasteiger partial charge in [-0.2, -0.15) is 0 Å². The zero-order chi connectivity index (χ0) is 16.1. The lowest BCUT2D eigenvalue weighted by Gasteiger charge is -2.31. The van der Waals surface area contributed by atoms with Crippen molar-refractivity contribution in [3.63, 3.8) is 0 Å². The highest BCUT2D eigenvalue weighted by Gasteiger charge is 2.28. The third kappa shape index (κ3) is 4.08. The van der Waals surface area contributed by atoms with E-state index in [1.165, 1.54) is 5.56 Å². The van der Waals surface area contributed by atoms with Gasteiger partial charge in [0.05, 0.1) is 13.2 Å². The summed E-state index contributed by atoms with van der Waals surface area (Å²) in [5, 5.41) is 9.63. The number of benzene rings is 2. The molecular weight excluding hydrogens is 288 g/mol. The van der Waals surface area contributed by atoms with E-state index in [-0.39, 0.29) is 24.9 Å². The highest BCUT2D eigenvalue weighted by molar-refractivity contribution is 5.24. The monoisotopic (exact) mass is 310 g/mol. The smallest absolute Gasteiger partial charge is 0.111 e. The van der Waals surface area contributed by atoms with Crippen molar-refractivity contribution in [1.82, 2.24) is 0 Å². The average molecular weight is 310 g/mol. The Labute approximate surface area is 137 Å². The van der Waals surface area contributed by atoms with Crippen LogP contribution in [0.5, 0.6) is 0 Å². The van der Waals surface area contributed by atoms with Crippen LogP contribution in [0.3, 0.4) is 0 Å². The van der Waals surface area contributed by atoms with Gasteiger partial charge in [-0.3, -0.25) is 0 Å². The van der Waals surface area contributed by atoms with Crippen molar-refractivity contribution in [1.29, 1.82) is 0 Å². The summed E-state index contributed by atoms with van der Waals surface area (Å²) in [6.07, 6.45) is 3.28. The Balaban J connectivity index is 1.66. The number of aliphatic hydroxyl groups is 1. The molecule has 1 N–H and O–H groups in total. The van der Waals surface area contributed by atoms with Gasteiger partial charge in [0, 0.05) is 0 Å². The van der Waals surface area contributed by atoms with Gasteiger partial charge in [0.25, 0.3) is 0 Å². The standard InChI is InChI=1S/C20H22O3/c1-15-6-5-7-16(12-15)14-22-19-11-10-18(23-20(19)13-21)17-8-3-2-4-9-17/h2-12,18-21H,13-14H2,1H3/t18-,19-,20+/m0/s1. The number of hydrogen-bond acceptors (Lipinski definition) is 3. The third-order valence-corrected chi connectivity index (χ3v) is 4.00. The molecule has 0 spiro atoms. The van der Waals surface area contributed by atoms with Crippen LogP contribution in [0.25, 0.3) is 0 Å². The highest BCUT2D eigenvalue weighted by Crippen LogP contribution is 2.27. The molecule has 0 amide bonds. The van der Waals surface area contributed by atoms with Crippen LogP contribution in [0.4, 0.5) is 0 Å². The molecule has 0 unspecified atom stereocenters. The summed E-state index contributed by atoms with van der Waals surface area (Å²) in [4.78, 5) is 0. The summed E-state index contributed by atoms with van der Waals surface area (Å²) in [6, 6.07) is 18.2. The van der Waals surface area contributed by atoms with Crippen LogP contribution >= 0.6 is 0 Å². The number of rotatable bonds is 5. The van der Waals surface area contributed by atoms with Crippen LogP contribution in [0.15, 0.2) is 66.7 Å². The fourth-order valence-corrected chi connectivity index (χ4v) is 2.78. The third-order valence-electron chi connectivity index (χ3n) is 4.00. The average Bonchev–Trinajstić information content (AvgIpc) is 2.60. The molecule has 0 aromatic heterocycles.